The highest BCUT2D eigenvalue weighted by Gasteiger charge is 2.21. The molecule has 11 heteroatoms. The van der Waals surface area contributed by atoms with Gasteiger partial charge in [0.05, 0.1) is 33.1 Å². The van der Waals surface area contributed by atoms with Crippen molar-refractivity contribution in [2.24, 2.45) is 10.1 Å². The molecule has 0 unspecified atom stereocenters. The minimum atomic E-state index is -4.95. The number of para-hydroxylation sites is 1. The van der Waals surface area contributed by atoms with E-state index in [1.807, 2.05) is 0 Å². The van der Waals surface area contributed by atoms with Crippen molar-refractivity contribution in [3.05, 3.63) is 102 Å². The van der Waals surface area contributed by atoms with Gasteiger partial charge in [0, 0.05) is 10.8 Å². The molecular weight excluding hydrogens is 510 g/mol. The van der Waals surface area contributed by atoms with Gasteiger partial charge >= 0.3 is 5.97 Å². The van der Waals surface area contributed by atoms with Crippen LogP contribution in [0.1, 0.15) is 42.5 Å². The van der Waals surface area contributed by atoms with Crippen LogP contribution in [0.15, 0.2) is 79.2 Å². The number of fused-ring (bicyclic) bond motifs is 1. The lowest BCUT2D eigenvalue weighted by molar-refractivity contribution is 0.0698. The van der Waals surface area contributed by atoms with Crippen LogP contribution in [0.3, 0.4) is 0 Å². The van der Waals surface area contributed by atoms with E-state index in [9.17, 15) is 32.5 Å². The molecule has 3 aliphatic rings. The molecule has 194 valence electrons. The predicted molar refractivity (Wildman–Crippen MR) is 139 cm³/mol. The first kappa shape index (κ1) is 25.4. The summed E-state index contributed by atoms with van der Waals surface area (Å²) in [6, 6.07) is 12.8. The van der Waals surface area contributed by atoms with Gasteiger partial charge < -0.3 is 5.11 Å². The number of rotatable bonds is 5. The highest BCUT2D eigenvalue weighted by molar-refractivity contribution is 7.85. The third-order valence-corrected chi connectivity index (χ3v) is 7.60. The summed E-state index contributed by atoms with van der Waals surface area (Å²) >= 11 is 0. The largest absolute Gasteiger partial charge is 0.478 e. The van der Waals surface area contributed by atoms with Crippen LogP contribution < -0.4 is 27.0 Å². The molecule has 0 spiro atoms. The highest BCUT2D eigenvalue weighted by Crippen LogP contribution is 2.20. The van der Waals surface area contributed by atoms with E-state index in [0.717, 1.165) is 38.2 Å². The van der Waals surface area contributed by atoms with Gasteiger partial charge in [0.25, 0.3) is 10.1 Å². The van der Waals surface area contributed by atoms with Crippen LogP contribution in [0.4, 0.5) is 5.69 Å². The van der Waals surface area contributed by atoms with Gasteiger partial charge in [-0.3, -0.25) is 24.6 Å². The molecule has 2 aromatic rings. The average Bonchev–Trinajstić information content (AvgIpc) is 2.90. The average molecular weight is 534 g/mol. The first-order chi connectivity index (χ1) is 18.2. The summed E-state index contributed by atoms with van der Waals surface area (Å²) in [5.41, 5.74) is 1.19. The predicted octanol–water partition coefficient (Wildman–Crippen LogP) is 2.27. The second kappa shape index (κ2) is 9.92. The van der Waals surface area contributed by atoms with E-state index in [4.69, 9.17) is 0 Å². The third kappa shape index (κ3) is 4.61. The third-order valence-electron chi connectivity index (χ3n) is 6.73. The Morgan fingerprint density at radius 3 is 2.13 bits per heavy atom. The van der Waals surface area contributed by atoms with E-state index in [1.165, 1.54) is 30.3 Å². The van der Waals surface area contributed by atoms with Gasteiger partial charge in [-0.05, 0) is 31.0 Å². The lowest BCUT2D eigenvalue weighted by Gasteiger charge is -2.17. The number of carbonyl (C=O) groups is 1. The van der Waals surface area contributed by atoms with E-state index in [-0.39, 0.29) is 43.9 Å². The van der Waals surface area contributed by atoms with Crippen LogP contribution >= 0.6 is 0 Å². The summed E-state index contributed by atoms with van der Waals surface area (Å²) in [7, 11) is -4.95. The lowest BCUT2D eigenvalue weighted by atomic mass is 9.96. The van der Waals surface area contributed by atoms with Gasteiger partial charge in [-0.2, -0.15) is 13.5 Å². The molecular formula is C27H23N3O7S. The van der Waals surface area contributed by atoms with Crippen LogP contribution in [0.5, 0.6) is 0 Å². The molecule has 0 amide bonds. The van der Waals surface area contributed by atoms with Crippen LogP contribution in [0.2, 0.25) is 0 Å². The van der Waals surface area contributed by atoms with E-state index in [2.05, 4.69) is 15.5 Å². The Morgan fingerprint density at radius 2 is 1.50 bits per heavy atom. The molecule has 38 heavy (non-hydrogen) atoms. The molecule has 10 nitrogen and oxygen atoms in total. The number of hydrogen-bond acceptors (Lipinski definition) is 8. The van der Waals surface area contributed by atoms with Crippen molar-refractivity contribution in [2.45, 2.75) is 43.0 Å². The van der Waals surface area contributed by atoms with E-state index in [1.54, 1.807) is 18.2 Å². The number of hydrogen-bond donors (Lipinski definition) is 3. The SMILES string of the molecule is O=C(O)c1ccccc1NN=c1c(S(=O)(=O)O)cc(=NC2CCCCC2)c2c(=O)c3ccccc3c(=O)c1=2. The van der Waals surface area contributed by atoms with Gasteiger partial charge in [0.1, 0.15) is 10.3 Å². The maximum Gasteiger partial charge on any atom is 0.337 e. The van der Waals surface area contributed by atoms with Crippen LogP contribution in [0.25, 0.3) is 10.8 Å². The second-order valence-corrected chi connectivity index (χ2v) is 10.6. The van der Waals surface area contributed by atoms with Crippen molar-refractivity contribution < 1.29 is 22.9 Å². The van der Waals surface area contributed by atoms with Crippen molar-refractivity contribution >= 4 is 32.5 Å². The molecule has 5 rings (SSSR count). The lowest BCUT2D eigenvalue weighted by Crippen LogP contribution is -2.34. The molecule has 3 N–H and O–H groups in total. The van der Waals surface area contributed by atoms with Crippen molar-refractivity contribution in [2.75, 3.05) is 5.43 Å². The van der Waals surface area contributed by atoms with Gasteiger partial charge in [0.2, 0.25) is 0 Å². The minimum absolute atomic E-state index is 0.00253. The van der Waals surface area contributed by atoms with Crippen molar-refractivity contribution in [1.29, 1.82) is 0 Å². The standard InChI is InChI=1S/C27H23N3O7S/c31-25-16-10-4-5-11-17(16)26(32)23-22(25)20(28-15-8-2-1-3-9-15)14-21(38(35,36)37)24(23)30-29-19-13-7-6-12-18(19)27(33)34/h4-7,10-15,29H,1-3,8-9H2,(H,33,34)(H,35,36,37). The monoisotopic (exact) mass is 533 g/mol. The quantitative estimate of drug-likeness (QED) is 0.260. The molecule has 0 bridgehead atoms. The summed E-state index contributed by atoms with van der Waals surface area (Å²) in [5, 5.41) is 12.9. The summed E-state index contributed by atoms with van der Waals surface area (Å²) < 4.78 is 35.2. The number of anilines is 1. The molecule has 0 aromatic heterocycles. The Balaban J connectivity index is 1.98. The molecule has 1 fully saturated rings. The Kier molecular flexibility index (Phi) is 6.64. The highest BCUT2D eigenvalue weighted by atomic mass is 32.2. The Morgan fingerprint density at radius 1 is 0.895 bits per heavy atom. The van der Waals surface area contributed by atoms with Crippen molar-refractivity contribution in [1.82, 2.24) is 0 Å². The smallest absolute Gasteiger partial charge is 0.337 e. The van der Waals surface area contributed by atoms with Crippen molar-refractivity contribution in [3.8, 4) is 0 Å². The number of aromatic carboxylic acids is 1. The fraction of sp³-hybridized carbons (Fsp3) is 0.222. The fourth-order valence-corrected chi connectivity index (χ4v) is 5.59. The number of carboxylic acids is 1. The van der Waals surface area contributed by atoms with Gasteiger partial charge in [0.15, 0.2) is 10.9 Å². The summed E-state index contributed by atoms with van der Waals surface area (Å²) in [4.78, 5) is 43.0. The molecule has 0 saturated heterocycles. The topological polar surface area (TPSA) is 163 Å². The number of nitrogens with zero attached hydrogens (tertiary/aromatic N) is 2. The Bertz CT molecular complexity index is 1990. The first-order valence-corrected chi connectivity index (χ1v) is 13.5. The Labute approximate surface area is 215 Å². The van der Waals surface area contributed by atoms with Crippen molar-refractivity contribution in [3.63, 3.8) is 0 Å². The van der Waals surface area contributed by atoms with E-state index in [0.29, 0.717) is 0 Å². The molecule has 2 aromatic carbocycles. The maximum absolute atomic E-state index is 13.7. The van der Waals surface area contributed by atoms with Gasteiger partial charge in [-0.15, -0.1) is 0 Å². The van der Waals surface area contributed by atoms with Gasteiger partial charge in [-0.25, -0.2) is 4.79 Å². The molecule has 0 heterocycles. The maximum atomic E-state index is 13.7. The van der Waals surface area contributed by atoms with E-state index >= 15 is 0 Å². The molecule has 0 radical (unpaired) electrons. The molecule has 3 aliphatic carbocycles. The minimum Gasteiger partial charge on any atom is -0.478 e. The molecule has 0 aliphatic heterocycles. The summed E-state index contributed by atoms with van der Waals surface area (Å²) in [6.07, 6.45) is 4.39. The zero-order valence-corrected chi connectivity index (χ0v) is 20.9. The number of carboxylic acid groups (broad SMARTS) is 1. The van der Waals surface area contributed by atoms with Crippen LogP contribution in [0, 0.1) is 10.4 Å². The van der Waals surface area contributed by atoms with E-state index < -0.39 is 37.2 Å². The fourth-order valence-electron chi connectivity index (χ4n) is 4.93. The summed E-state index contributed by atoms with van der Waals surface area (Å²) in [6.45, 7) is 0. The van der Waals surface area contributed by atoms with Crippen LogP contribution in [-0.2, 0) is 10.1 Å². The zero-order chi connectivity index (χ0) is 27.0. The van der Waals surface area contributed by atoms with Gasteiger partial charge in [-0.1, -0.05) is 55.7 Å². The second-order valence-electron chi connectivity index (χ2n) is 9.17. The molecule has 0 atom stereocenters. The first-order valence-electron chi connectivity index (χ1n) is 12.0. The van der Waals surface area contributed by atoms with Crippen LogP contribution in [-0.4, -0.2) is 30.1 Å². The number of benzene rings is 2. The normalized spacial score (nSPS) is 15.8. The zero-order valence-electron chi connectivity index (χ0n) is 20.0. The summed E-state index contributed by atoms with van der Waals surface area (Å²) in [5.74, 6) is -1.26. The Hall–Kier alpha value is -4.22. The number of nitrogens with one attached hydrogen (secondary N) is 1. The molecule has 1 saturated carbocycles.